The molecule has 0 saturated carbocycles. The number of nitrogens with two attached hydrogens (primary N) is 1. The van der Waals surface area contributed by atoms with E-state index in [-0.39, 0.29) is 11.1 Å². The molecule has 0 radical (unpaired) electrons. The molecular formula is C13H21N3O3S. The van der Waals surface area contributed by atoms with Gasteiger partial charge in [-0.15, -0.1) is 0 Å². The fourth-order valence-electron chi connectivity index (χ4n) is 1.66. The molecule has 0 heterocycles. The van der Waals surface area contributed by atoms with Crippen LogP contribution in [0.3, 0.4) is 0 Å². The lowest BCUT2D eigenvalue weighted by atomic mass is 10.1. The Morgan fingerprint density at radius 3 is 2.85 bits per heavy atom. The van der Waals surface area contributed by atoms with Crippen LogP contribution in [-0.2, 0) is 17.3 Å². The molecule has 0 saturated heterocycles. The standard InChI is InChI=1S/C13H21N3O3S/c1-9(20(3)18)7-15-8-11-6-10(13(14)16-17)4-5-12(11)19-2/h4-6,9,15,17H,7-8H2,1-3H3,(H2,14,16). The summed E-state index contributed by atoms with van der Waals surface area (Å²) in [6.45, 7) is 3.12. The normalized spacial score (nSPS) is 14.8. The molecule has 6 nitrogen and oxygen atoms in total. The predicted octanol–water partition coefficient (Wildman–Crippen LogP) is 0.646. The first-order chi connectivity index (χ1) is 9.49. The van der Waals surface area contributed by atoms with Crippen LogP contribution in [0.1, 0.15) is 18.1 Å². The highest BCUT2D eigenvalue weighted by molar-refractivity contribution is 7.84. The monoisotopic (exact) mass is 299 g/mol. The topological polar surface area (TPSA) is 96.9 Å². The third-order valence-electron chi connectivity index (χ3n) is 3.00. The molecule has 0 spiro atoms. The largest absolute Gasteiger partial charge is 0.496 e. The van der Waals surface area contributed by atoms with Crippen LogP contribution in [0.5, 0.6) is 5.75 Å². The van der Waals surface area contributed by atoms with E-state index in [2.05, 4.69) is 10.5 Å². The van der Waals surface area contributed by atoms with Crippen molar-refractivity contribution in [2.24, 2.45) is 10.9 Å². The zero-order valence-electron chi connectivity index (χ0n) is 11.9. The first kappa shape index (κ1) is 16.5. The van der Waals surface area contributed by atoms with Crippen molar-refractivity contribution >= 4 is 16.6 Å². The number of oxime groups is 1. The molecule has 4 N–H and O–H groups in total. The van der Waals surface area contributed by atoms with Crippen molar-refractivity contribution in [3.8, 4) is 5.75 Å². The number of benzene rings is 1. The molecule has 0 bridgehead atoms. The number of ether oxygens (including phenoxy) is 1. The lowest BCUT2D eigenvalue weighted by Gasteiger charge is -2.13. The minimum Gasteiger partial charge on any atom is -0.496 e. The average Bonchev–Trinajstić information content (AvgIpc) is 2.45. The quantitative estimate of drug-likeness (QED) is 0.297. The second-order valence-electron chi connectivity index (χ2n) is 4.45. The Morgan fingerprint density at radius 1 is 1.60 bits per heavy atom. The van der Waals surface area contributed by atoms with E-state index in [4.69, 9.17) is 15.7 Å². The van der Waals surface area contributed by atoms with Crippen molar-refractivity contribution < 1.29 is 14.2 Å². The van der Waals surface area contributed by atoms with Crippen LogP contribution in [0.15, 0.2) is 23.4 Å². The maximum Gasteiger partial charge on any atom is 0.170 e. The molecule has 2 unspecified atom stereocenters. The Hall–Kier alpha value is -1.60. The summed E-state index contributed by atoms with van der Waals surface area (Å²) >= 11 is 0. The van der Waals surface area contributed by atoms with Crippen LogP contribution in [0, 0.1) is 0 Å². The van der Waals surface area contributed by atoms with Crippen LogP contribution in [0.2, 0.25) is 0 Å². The van der Waals surface area contributed by atoms with Crippen LogP contribution in [-0.4, -0.2) is 40.4 Å². The predicted molar refractivity (Wildman–Crippen MR) is 80.7 cm³/mol. The van der Waals surface area contributed by atoms with Crippen molar-refractivity contribution in [2.75, 3.05) is 19.9 Å². The highest BCUT2D eigenvalue weighted by atomic mass is 32.2. The summed E-state index contributed by atoms with van der Waals surface area (Å²) in [5.74, 6) is 0.772. The van der Waals surface area contributed by atoms with E-state index in [1.165, 1.54) is 0 Å². The summed E-state index contributed by atoms with van der Waals surface area (Å²) < 4.78 is 16.6. The SMILES string of the molecule is COc1ccc(/C(N)=N/O)cc1CNCC(C)S(C)=O. The average molecular weight is 299 g/mol. The van der Waals surface area contributed by atoms with Crippen molar-refractivity contribution in [2.45, 2.75) is 18.7 Å². The van der Waals surface area contributed by atoms with Gasteiger partial charge in [-0.25, -0.2) is 0 Å². The molecule has 1 aromatic rings. The summed E-state index contributed by atoms with van der Waals surface area (Å²) in [6.07, 6.45) is 1.69. The maximum atomic E-state index is 11.3. The number of amidine groups is 1. The van der Waals surface area contributed by atoms with Gasteiger partial charge in [-0.3, -0.25) is 4.21 Å². The van der Waals surface area contributed by atoms with Gasteiger partial charge in [0.15, 0.2) is 5.84 Å². The zero-order chi connectivity index (χ0) is 15.1. The molecule has 112 valence electrons. The Bertz CT molecular complexity index is 506. The van der Waals surface area contributed by atoms with E-state index >= 15 is 0 Å². The summed E-state index contributed by atoms with van der Waals surface area (Å²) in [5, 5.41) is 15.0. The minimum atomic E-state index is -0.854. The summed E-state index contributed by atoms with van der Waals surface area (Å²) in [4.78, 5) is 0. The van der Waals surface area contributed by atoms with Gasteiger partial charge in [-0.05, 0) is 25.1 Å². The maximum absolute atomic E-state index is 11.3. The number of nitrogens with one attached hydrogen (secondary N) is 1. The van der Waals surface area contributed by atoms with Gasteiger partial charge in [-0.1, -0.05) is 5.16 Å². The van der Waals surface area contributed by atoms with Gasteiger partial charge < -0.3 is 21.0 Å². The fourth-order valence-corrected chi connectivity index (χ4v) is 2.01. The molecule has 0 aromatic heterocycles. The van der Waals surface area contributed by atoms with Crippen molar-refractivity contribution in [3.05, 3.63) is 29.3 Å². The number of rotatable bonds is 7. The number of hydrogen-bond donors (Lipinski definition) is 3. The van der Waals surface area contributed by atoms with Gasteiger partial charge in [0.25, 0.3) is 0 Å². The van der Waals surface area contributed by atoms with Crippen molar-refractivity contribution in [1.29, 1.82) is 0 Å². The van der Waals surface area contributed by atoms with E-state index in [0.29, 0.717) is 18.7 Å². The number of methoxy groups -OCH3 is 1. The van der Waals surface area contributed by atoms with E-state index in [9.17, 15) is 4.21 Å². The van der Waals surface area contributed by atoms with Crippen molar-refractivity contribution in [1.82, 2.24) is 5.32 Å². The molecule has 0 fully saturated rings. The molecule has 0 aliphatic rings. The van der Waals surface area contributed by atoms with Gasteiger partial charge in [-0.2, -0.15) is 0 Å². The third-order valence-corrected chi connectivity index (χ3v) is 4.30. The van der Waals surface area contributed by atoms with Crippen LogP contribution in [0.4, 0.5) is 0 Å². The Balaban J connectivity index is 2.79. The Morgan fingerprint density at radius 2 is 2.30 bits per heavy atom. The van der Waals surface area contributed by atoms with E-state index in [1.807, 2.05) is 6.92 Å². The van der Waals surface area contributed by atoms with Gasteiger partial charge in [0.2, 0.25) is 0 Å². The summed E-state index contributed by atoms with van der Waals surface area (Å²) in [6, 6.07) is 5.29. The molecule has 2 atom stereocenters. The lowest BCUT2D eigenvalue weighted by molar-refractivity contribution is 0.318. The minimum absolute atomic E-state index is 0.0527. The molecule has 20 heavy (non-hydrogen) atoms. The van der Waals surface area contributed by atoms with Gasteiger partial charge in [0.05, 0.1) is 7.11 Å². The number of nitrogens with zero attached hydrogens (tertiary/aromatic N) is 1. The zero-order valence-corrected chi connectivity index (χ0v) is 12.7. The molecular weight excluding hydrogens is 278 g/mol. The molecule has 7 heteroatoms. The molecule has 0 amide bonds. The molecule has 0 aliphatic heterocycles. The Kier molecular flexibility index (Phi) is 6.47. The van der Waals surface area contributed by atoms with Gasteiger partial charge >= 0.3 is 0 Å². The first-order valence-electron chi connectivity index (χ1n) is 6.17. The molecule has 1 aromatic carbocycles. The van der Waals surface area contributed by atoms with E-state index in [1.54, 1.807) is 31.6 Å². The second-order valence-corrected chi connectivity index (χ2v) is 6.25. The van der Waals surface area contributed by atoms with Crippen LogP contribution in [0.25, 0.3) is 0 Å². The smallest absolute Gasteiger partial charge is 0.170 e. The summed E-state index contributed by atoms with van der Waals surface area (Å²) in [7, 11) is 0.735. The summed E-state index contributed by atoms with van der Waals surface area (Å²) in [5.41, 5.74) is 7.09. The van der Waals surface area contributed by atoms with Crippen molar-refractivity contribution in [3.63, 3.8) is 0 Å². The van der Waals surface area contributed by atoms with Crippen LogP contribution >= 0.6 is 0 Å². The van der Waals surface area contributed by atoms with Gasteiger partial charge in [0.1, 0.15) is 5.75 Å². The first-order valence-corrected chi connectivity index (χ1v) is 7.79. The number of hydrogen-bond acceptors (Lipinski definition) is 5. The second kappa shape index (κ2) is 7.86. The Labute approximate surface area is 121 Å². The van der Waals surface area contributed by atoms with Crippen LogP contribution < -0.4 is 15.8 Å². The van der Waals surface area contributed by atoms with E-state index < -0.39 is 10.8 Å². The fraction of sp³-hybridized carbons (Fsp3) is 0.462. The lowest BCUT2D eigenvalue weighted by Crippen LogP contribution is -2.27. The highest BCUT2D eigenvalue weighted by Crippen LogP contribution is 2.19. The highest BCUT2D eigenvalue weighted by Gasteiger charge is 2.09. The van der Waals surface area contributed by atoms with Gasteiger partial charge in [0, 0.05) is 46.5 Å². The third kappa shape index (κ3) is 4.50. The van der Waals surface area contributed by atoms with E-state index in [0.717, 1.165) is 11.3 Å². The molecule has 0 aliphatic carbocycles. The molecule has 1 rings (SSSR count).